The zero-order chi connectivity index (χ0) is 14.0. The first-order chi connectivity index (χ1) is 9.88. The van der Waals surface area contributed by atoms with Crippen molar-refractivity contribution in [1.82, 2.24) is 4.98 Å². The third-order valence-corrected chi connectivity index (χ3v) is 3.07. The smallest absolute Gasteiger partial charge is 0.119 e. The van der Waals surface area contributed by atoms with Crippen molar-refractivity contribution >= 4 is 5.69 Å². The van der Waals surface area contributed by atoms with Gasteiger partial charge in [-0.1, -0.05) is 25.8 Å². The Bertz CT molecular complexity index is 482. The molecule has 0 saturated heterocycles. The summed E-state index contributed by atoms with van der Waals surface area (Å²) in [5, 5.41) is 3.35. The predicted molar refractivity (Wildman–Crippen MR) is 83.0 cm³/mol. The number of nitrogens with zero attached hydrogens (tertiary/aromatic N) is 1. The summed E-state index contributed by atoms with van der Waals surface area (Å²) in [7, 11) is 0. The van der Waals surface area contributed by atoms with Crippen molar-refractivity contribution in [2.45, 2.75) is 32.7 Å². The normalized spacial score (nSPS) is 10.2. The van der Waals surface area contributed by atoms with Gasteiger partial charge in [-0.25, -0.2) is 0 Å². The van der Waals surface area contributed by atoms with Gasteiger partial charge in [0.15, 0.2) is 0 Å². The molecule has 0 unspecified atom stereocenters. The molecule has 0 aliphatic rings. The number of hydrogen-bond acceptors (Lipinski definition) is 3. The number of unbranched alkanes of at least 4 members (excludes halogenated alkanes) is 2. The lowest BCUT2D eigenvalue weighted by Gasteiger charge is -2.08. The average molecular weight is 270 g/mol. The quantitative estimate of drug-likeness (QED) is 0.728. The minimum absolute atomic E-state index is 0.734. The van der Waals surface area contributed by atoms with Crippen LogP contribution in [0.25, 0.3) is 0 Å². The van der Waals surface area contributed by atoms with E-state index in [0.29, 0.717) is 0 Å². The monoisotopic (exact) mass is 270 g/mol. The van der Waals surface area contributed by atoms with Crippen LogP contribution >= 0.6 is 0 Å². The van der Waals surface area contributed by atoms with Crippen LogP contribution in [0.3, 0.4) is 0 Å². The highest BCUT2D eigenvalue weighted by atomic mass is 16.5. The maximum atomic E-state index is 5.69. The van der Waals surface area contributed by atoms with Crippen LogP contribution in [0, 0.1) is 0 Å². The van der Waals surface area contributed by atoms with Crippen molar-refractivity contribution in [2.75, 3.05) is 11.9 Å². The highest BCUT2D eigenvalue weighted by Gasteiger charge is 1.97. The molecule has 0 atom stereocenters. The van der Waals surface area contributed by atoms with E-state index in [1.54, 1.807) is 0 Å². The minimum Gasteiger partial charge on any atom is -0.494 e. The first-order valence-corrected chi connectivity index (χ1v) is 7.25. The van der Waals surface area contributed by atoms with Crippen LogP contribution in [-0.2, 0) is 6.54 Å². The molecule has 0 bridgehead atoms. The van der Waals surface area contributed by atoms with Crippen molar-refractivity contribution in [2.24, 2.45) is 0 Å². The van der Waals surface area contributed by atoms with Crippen molar-refractivity contribution < 1.29 is 4.74 Å². The number of aromatic nitrogens is 1. The Labute approximate surface area is 121 Å². The maximum absolute atomic E-state index is 5.69. The van der Waals surface area contributed by atoms with Gasteiger partial charge in [-0.15, -0.1) is 0 Å². The van der Waals surface area contributed by atoms with Gasteiger partial charge < -0.3 is 10.1 Å². The summed E-state index contributed by atoms with van der Waals surface area (Å²) in [5.74, 6) is 0.935. The number of nitrogens with one attached hydrogen (secondary N) is 1. The number of pyridine rings is 1. The number of ether oxygens (including phenoxy) is 1. The second-order valence-electron chi connectivity index (χ2n) is 4.75. The Balaban J connectivity index is 1.76. The predicted octanol–water partition coefficient (Wildman–Crippen LogP) is 4.26. The molecule has 3 nitrogen and oxygen atoms in total. The molecule has 1 aromatic carbocycles. The van der Waals surface area contributed by atoms with Gasteiger partial charge >= 0.3 is 0 Å². The van der Waals surface area contributed by atoms with Gasteiger partial charge in [0.25, 0.3) is 0 Å². The fourth-order valence-electron chi connectivity index (χ4n) is 1.91. The van der Waals surface area contributed by atoms with E-state index in [4.69, 9.17) is 4.74 Å². The SMILES string of the molecule is CCCCCOc1ccc(NCc2ccccn2)cc1. The van der Waals surface area contributed by atoms with Crippen LogP contribution in [0.4, 0.5) is 5.69 Å². The number of hydrogen-bond donors (Lipinski definition) is 1. The van der Waals surface area contributed by atoms with E-state index < -0.39 is 0 Å². The molecule has 0 radical (unpaired) electrons. The fraction of sp³-hybridized carbons (Fsp3) is 0.353. The highest BCUT2D eigenvalue weighted by molar-refractivity contribution is 5.46. The number of benzene rings is 1. The molecule has 0 aliphatic carbocycles. The molecule has 2 aromatic rings. The molecule has 20 heavy (non-hydrogen) atoms. The Morgan fingerprint density at radius 2 is 1.90 bits per heavy atom. The molecule has 0 amide bonds. The lowest BCUT2D eigenvalue weighted by Crippen LogP contribution is -2.01. The second-order valence-corrected chi connectivity index (χ2v) is 4.75. The molecular weight excluding hydrogens is 248 g/mol. The van der Waals surface area contributed by atoms with E-state index >= 15 is 0 Å². The molecule has 1 N–H and O–H groups in total. The number of rotatable bonds is 8. The lowest BCUT2D eigenvalue weighted by atomic mass is 10.2. The summed E-state index contributed by atoms with van der Waals surface area (Å²) in [6.45, 7) is 3.73. The Hall–Kier alpha value is -2.03. The molecule has 3 heteroatoms. The fourth-order valence-corrected chi connectivity index (χ4v) is 1.91. The van der Waals surface area contributed by atoms with Gasteiger partial charge in [-0.2, -0.15) is 0 Å². The molecule has 1 heterocycles. The van der Waals surface area contributed by atoms with Gasteiger partial charge in [-0.05, 0) is 42.8 Å². The largest absolute Gasteiger partial charge is 0.494 e. The zero-order valence-electron chi connectivity index (χ0n) is 12.0. The van der Waals surface area contributed by atoms with Crippen LogP contribution in [0.15, 0.2) is 48.7 Å². The van der Waals surface area contributed by atoms with Gasteiger partial charge in [0, 0.05) is 11.9 Å². The average Bonchev–Trinajstić information content (AvgIpc) is 2.52. The van der Waals surface area contributed by atoms with Crippen molar-refractivity contribution in [3.63, 3.8) is 0 Å². The number of anilines is 1. The Morgan fingerprint density at radius 3 is 2.60 bits per heavy atom. The molecule has 0 spiro atoms. The van der Waals surface area contributed by atoms with Crippen molar-refractivity contribution in [3.05, 3.63) is 54.4 Å². The van der Waals surface area contributed by atoms with Gasteiger partial charge in [0.1, 0.15) is 5.75 Å². The van der Waals surface area contributed by atoms with Crippen LogP contribution in [0.1, 0.15) is 31.9 Å². The van der Waals surface area contributed by atoms with E-state index in [1.807, 2.05) is 48.7 Å². The molecular formula is C17H22N2O. The Kier molecular flexibility index (Phi) is 5.90. The molecule has 0 aliphatic heterocycles. The maximum Gasteiger partial charge on any atom is 0.119 e. The first kappa shape index (κ1) is 14.4. The van der Waals surface area contributed by atoms with E-state index in [9.17, 15) is 0 Å². The second kappa shape index (κ2) is 8.20. The van der Waals surface area contributed by atoms with Crippen LogP contribution in [-0.4, -0.2) is 11.6 Å². The minimum atomic E-state index is 0.734. The summed E-state index contributed by atoms with van der Waals surface area (Å²) in [6.07, 6.45) is 5.38. The molecule has 1 aromatic heterocycles. The summed E-state index contributed by atoms with van der Waals surface area (Å²) < 4.78 is 5.69. The summed E-state index contributed by atoms with van der Waals surface area (Å²) in [4.78, 5) is 4.28. The van der Waals surface area contributed by atoms with E-state index in [1.165, 1.54) is 12.8 Å². The van der Waals surface area contributed by atoms with E-state index in [2.05, 4.69) is 17.2 Å². The van der Waals surface area contributed by atoms with Crippen molar-refractivity contribution in [1.29, 1.82) is 0 Å². The van der Waals surface area contributed by atoms with Crippen LogP contribution in [0.5, 0.6) is 5.75 Å². The molecule has 0 fully saturated rings. The van der Waals surface area contributed by atoms with Crippen LogP contribution < -0.4 is 10.1 Å². The Morgan fingerprint density at radius 1 is 1.05 bits per heavy atom. The zero-order valence-corrected chi connectivity index (χ0v) is 12.0. The van der Waals surface area contributed by atoms with Crippen molar-refractivity contribution in [3.8, 4) is 5.75 Å². The lowest BCUT2D eigenvalue weighted by molar-refractivity contribution is 0.306. The summed E-state index contributed by atoms with van der Waals surface area (Å²) in [6, 6.07) is 14.0. The van der Waals surface area contributed by atoms with E-state index in [0.717, 1.165) is 36.7 Å². The van der Waals surface area contributed by atoms with Gasteiger partial charge in [0.2, 0.25) is 0 Å². The topological polar surface area (TPSA) is 34.1 Å². The van der Waals surface area contributed by atoms with Crippen LogP contribution in [0.2, 0.25) is 0 Å². The third-order valence-electron chi connectivity index (χ3n) is 3.07. The van der Waals surface area contributed by atoms with Gasteiger partial charge in [-0.3, -0.25) is 4.98 Å². The molecule has 2 rings (SSSR count). The molecule has 106 valence electrons. The summed E-state index contributed by atoms with van der Waals surface area (Å²) in [5.41, 5.74) is 2.11. The standard InChI is InChI=1S/C17H22N2O/c1-2-3-6-13-20-17-10-8-15(9-11-17)19-14-16-7-4-5-12-18-16/h4-5,7-12,19H,2-3,6,13-14H2,1H3. The van der Waals surface area contributed by atoms with E-state index in [-0.39, 0.29) is 0 Å². The summed E-state index contributed by atoms with van der Waals surface area (Å²) >= 11 is 0. The highest BCUT2D eigenvalue weighted by Crippen LogP contribution is 2.16. The first-order valence-electron chi connectivity index (χ1n) is 7.25. The molecule has 0 saturated carbocycles. The third kappa shape index (κ3) is 4.92. The van der Waals surface area contributed by atoms with Gasteiger partial charge in [0.05, 0.1) is 18.8 Å².